The molecule has 0 radical (unpaired) electrons. The highest BCUT2D eigenvalue weighted by Crippen LogP contribution is 2.18. The molecule has 0 saturated heterocycles. The Kier molecular flexibility index (Phi) is 4.20. The Morgan fingerprint density at radius 3 is 2.56 bits per heavy atom. The number of amides is 1. The van der Waals surface area contributed by atoms with Gasteiger partial charge in [-0.1, -0.05) is 0 Å². The molecule has 1 saturated carbocycles. The Balaban J connectivity index is 1.79. The maximum absolute atomic E-state index is 11.6. The van der Waals surface area contributed by atoms with Gasteiger partial charge in [-0.05, 0) is 51.0 Å². The van der Waals surface area contributed by atoms with E-state index in [0.29, 0.717) is 12.6 Å². The molecule has 4 nitrogen and oxygen atoms in total. The van der Waals surface area contributed by atoms with E-state index >= 15 is 0 Å². The molecule has 0 aromatic heterocycles. The fourth-order valence-corrected chi connectivity index (χ4v) is 1.62. The summed E-state index contributed by atoms with van der Waals surface area (Å²) in [6.07, 6.45) is 2.54. The zero-order valence-corrected chi connectivity index (χ0v) is 10.9. The molecule has 0 atom stereocenters. The topological polar surface area (TPSA) is 50.4 Å². The minimum Gasteiger partial charge on any atom is -0.491 e. The quantitative estimate of drug-likeness (QED) is 0.811. The van der Waals surface area contributed by atoms with Crippen LogP contribution in [0.4, 0.5) is 5.69 Å². The number of ether oxygens (including phenoxy) is 1. The molecule has 1 amide bonds. The molecular formula is C14H20N2O2. The Hall–Kier alpha value is -1.55. The molecule has 2 rings (SSSR count). The third-order valence-corrected chi connectivity index (χ3v) is 2.64. The Morgan fingerprint density at radius 1 is 1.33 bits per heavy atom. The van der Waals surface area contributed by atoms with Gasteiger partial charge in [0, 0.05) is 11.7 Å². The van der Waals surface area contributed by atoms with Crippen LogP contribution in [0.25, 0.3) is 0 Å². The lowest BCUT2D eigenvalue weighted by molar-refractivity contribution is -0.115. The van der Waals surface area contributed by atoms with Gasteiger partial charge in [0.15, 0.2) is 0 Å². The molecular weight excluding hydrogens is 228 g/mol. The van der Waals surface area contributed by atoms with Gasteiger partial charge in [-0.2, -0.15) is 0 Å². The lowest BCUT2D eigenvalue weighted by Gasteiger charge is -2.10. The molecule has 4 heteroatoms. The zero-order chi connectivity index (χ0) is 13.0. The average Bonchev–Trinajstić information content (AvgIpc) is 3.12. The van der Waals surface area contributed by atoms with Gasteiger partial charge in [-0.3, -0.25) is 4.79 Å². The number of hydrogen-bond donors (Lipinski definition) is 2. The maximum Gasteiger partial charge on any atom is 0.238 e. The third kappa shape index (κ3) is 4.37. The van der Waals surface area contributed by atoms with Crippen molar-refractivity contribution < 1.29 is 9.53 Å². The number of hydrogen-bond acceptors (Lipinski definition) is 3. The SMILES string of the molecule is CC(C)Oc1ccc(NC(=O)CNC2CC2)cc1. The van der Waals surface area contributed by atoms with E-state index in [1.807, 2.05) is 38.1 Å². The molecule has 1 aliphatic rings. The molecule has 0 heterocycles. The average molecular weight is 248 g/mol. The van der Waals surface area contributed by atoms with Crippen LogP contribution in [0, 0.1) is 0 Å². The van der Waals surface area contributed by atoms with Crippen LogP contribution in [-0.2, 0) is 4.79 Å². The first-order valence-corrected chi connectivity index (χ1v) is 6.43. The lowest BCUT2D eigenvalue weighted by Crippen LogP contribution is -2.29. The van der Waals surface area contributed by atoms with Crippen molar-refractivity contribution in [1.82, 2.24) is 5.32 Å². The molecule has 98 valence electrons. The first-order valence-electron chi connectivity index (χ1n) is 6.43. The van der Waals surface area contributed by atoms with Gasteiger partial charge >= 0.3 is 0 Å². The van der Waals surface area contributed by atoms with E-state index in [4.69, 9.17) is 4.74 Å². The van der Waals surface area contributed by atoms with Crippen molar-refractivity contribution in [1.29, 1.82) is 0 Å². The van der Waals surface area contributed by atoms with Crippen molar-refractivity contribution in [3.63, 3.8) is 0 Å². The van der Waals surface area contributed by atoms with Crippen LogP contribution in [0.15, 0.2) is 24.3 Å². The Bertz CT molecular complexity index is 397. The van der Waals surface area contributed by atoms with E-state index in [9.17, 15) is 4.79 Å². The minimum atomic E-state index is -0.000530. The van der Waals surface area contributed by atoms with Gasteiger partial charge in [0.05, 0.1) is 12.6 Å². The van der Waals surface area contributed by atoms with E-state index < -0.39 is 0 Å². The highest BCUT2D eigenvalue weighted by Gasteiger charge is 2.21. The summed E-state index contributed by atoms with van der Waals surface area (Å²) in [5, 5.41) is 6.03. The first-order chi connectivity index (χ1) is 8.63. The van der Waals surface area contributed by atoms with Crippen LogP contribution in [0.1, 0.15) is 26.7 Å². The van der Waals surface area contributed by atoms with Gasteiger partial charge < -0.3 is 15.4 Å². The normalized spacial score (nSPS) is 14.6. The van der Waals surface area contributed by atoms with Gasteiger partial charge in [-0.25, -0.2) is 0 Å². The summed E-state index contributed by atoms with van der Waals surface area (Å²) >= 11 is 0. The molecule has 0 aliphatic heterocycles. The van der Waals surface area contributed by atoms with Gasteiger partial charge in [0.25, 0.3) is 0 Å². The molecule has 18 heavy (non-hydrogen) atoms. The van der Waals surface area contributed by atoms with E-state index in [0.717, 1.165) is 11.4 Å². The zero-order valence-electron chi connectivity index (χ0n) is 10.9. The second kappa shape index (κ2) is 5.87. The Labute approximate surface area is 108 Å². The molecule has 1 fully saturated rings. The lowest BCUT2D eigenvalue weighted by atomic mass is 10.3. The Morgan fingerprint density at radius 2 is 2.00 bits per heavy atom. The summed E-state index contributed by atoms with van der Waals surface area (Å²) in [5.41, 5.74) is 0.800. The van der Waals surface area contributed by atoms with Crippen molar-refractivity contribution >= 4 is 11.6 Å². The summed E-state index contributed by atoms with van der Waals surface area (Å²) in [5.74, 6) is 0.818. The van der Waals surface area contributed by atoms with Crippen LogP contribution < -0.4 is 15.4 Å². The highest BCUT2D eigenvalue weighted by atomic mass is 16.5. The summed E-state index contributed by atoms with van der Waals surface area (Å²) in [6, 6.07) is 7.99. The largest absolute Gasteiger partial charge is 0.491 e. The summed E-state index contributed by atoms with van der Waals surface area (Å²) in [7, 11) is 0. The number of nitrogens with one attached hydrogen (secondary N) is 2. The molecule has 1 aromatic carbocycles. The van der Waals surface area contributed by atoms with Gasteiger partial charge in [-0.15, -0.1) is 0 Å². The maximum atomic E-state index is 11.6. The van der Waals surface area contributed by atoms with Gasteiger partial charge in [0.1, 0.15) is 5.75 Å². The summed E-state index contributed by atoms with van der Waals surface area (Å²) < 4.78 is 5.54. The van der Waals surface area contributed by atoms with Crippen molar-refractivity contribution in [2.75, 3.05) is 11.9 Å². The second-order valence-corrected chi connectivity index (χ2v) is 4.89. The predicted octanol–water partition coefficient (Wildman–Crippen LogP) is 2.16. The number of carbonyl (C=O) groups is 1. The summed E-state index contributed by atoms with van der Waals surface area (Å²) in [4.78, 5) is 11.6. The van der Waals surface area contributed by atoms with Crippen molar-refractivity contribution in [3.8, 4) is 5.75 Å². The van der Waals surface area contributed by atoms with E-state index in [1.165, 1.54) is 12.8 Å². The number of benzene rings is 1. The second-order valence-electron chi connectivity index (χ2n) is 4.89. The number of rotatable bonds is 6. The standard InChI is InChI=1S/C14H20N2O2/c1-10(2)18-13-7-5-12(6-8-13)16-14(17)9-15-11-3-4-11/h5-8,10-11,15H,3-4,9H2,1-2H3,(H,16,17). The number of carbonyl (C=O) groups excluding carboxylic acids is 1. The molecule has 1 aromatic rings. The van der Waals surface area contributed by atoms with Crippen LogP contribution in [0.3, 0.4) is 0 Å². The molecule has 0 bridgehead atoms. The molecule has 1 aliphatic carbocycles. The summed E-state index contributed by atoms with van der Waals surface area (Å²) in [6.45, 7) is 4.35. The van der Waals surface area contributed by atoms with Crippen molar-refractivity contribution in [2.45, 2.75) is 38.8 Å². The first kappa shape index (κ1) is 12.9. The fourth-order valence-electron chi connectivity index (χ4n) is 1.62. The van der Waals surface area contributed by atoms with E-state index in [-0.39, 0.29) is 12.0 Å². The smallest absolute Gasteiger partial charge is 0.238 e. The monoisotopic (exact) mass is 248 g/mol. The van der Waals surface area contributed by atoms with Crippen molar-refractivity contribution in [3.05, 3.63) is 24.3 Å². The van der Waals surface area contributed by atoms with E-state index in [1.54, 1.807) is 0 Å². The third-order valence-electron chi connectivity index (χ3n) is 2.64. The minimum absolute atomic E-state index is 0.000530. The van der Waals surface area contributed by atoms with E-state index in [2.05, 4.69) is 10.6 Å². The fraction of sp³-hybridized carbons (Fsp3) is 0.500. The van der Waals surface area contributed by atoms with Crippen LogP contribution in [-0.4, -0.2) is 24.6 Å². The van der Waals surface area contributed by atoms with Crippen LogP contribution in [0.2, 0.25) is 0 Å². The number of anilines is 1. The highest BCUT2D eigenvalue weighted by molar-refractivity contribution is 5.92. The van der Waals surface area contributed by atoms with Crippen molar-refractivity contribution in [2.24, 2.45) is 0 Å². The van der Waals surface area contributed by atoms with Gasteiger partial charge in [0.2, 0.25) is 5.91 Å². The molecule has 2 N–H and O–H groups in total. The van der Waals surface area contributed by atoms with Crippen LogP contribution in [0.5, 0.6) is 5.75 Å². The molecule has 0 spiro atoms. The predicted molar refractivity (Wildman–Crippen MR) is 71.9 cm³/mol. The molecule has 0 unspecified atom stereocenters. The van der Waals surface area contributed by atoms with Crippen LogP contribution >= 0.6 is 0 Å².